The van der Waals surface area contributed by atoms with E-state index in [1.54, 1.807) is 12.1 Å². The maximum Gasteiger partial charge on any atom is 0.162 e. The minimum absolute atomic E-state index is 0.322. The molecule has 0 aliphatic carbocycles. The lowest BCUT2D eigenvalue weighted by atomic mass is 10.1. The second-order valence-corrected chi connectivity index (χ2v) is 5.26. The third-order valence-electron chi connectivity index (χ3n) is 3.01. The van der Waals surface area contributed by atoms with E-state index in [2.05, 4.69) is 25.9 Å². The molecule has 0 unspecified atom stereocenters. The number of rotatable bonds is 2. The van der Waals surface area contributed by atoms with E-state index in [1.165, 1.54) is 12.1 Å². The fourth-order valence-corrected chi connectivity index (χ4v) is 2.41. The van der Waals surface area contributed by atoms with Gasteiger partial charge in [-0.05, 0) is 28.1 Å². The molecule has 104 valence electrons. The summed E-state index contributed by atoms with van der Waals surface area (Å²) in [5, 5.41) is 0. The Balaban J connectivity index is 2.19. The maximum absolute atomic E-state index is 13.4. The van der Waals surface area contributed by atoms with Crippen molar-refractivity contribution < 1.29 is 4.39 Å². The van der Waals surface area contributed by atoms with E-state index < -0.39 is 0 Å². The molecular formula is C16H11BrFN3. The molecule has 3 aromatic rings. The summed E-state index contributed by atoms with van der Waals surface area (Å²) in [6, 6.07) is 15.8. The van der Waals surface area contributed by atoms with Crippen LogP contribution in [0.1, 0.15) is 0 Å². The zero-order valence-corrected chi connectivity index (χ0v) is 12.5. The largest absolute Gasteiger partial charge is 0.383 e. The summed E-state index contributed by atoms with van der Waals surface area (Å²) in [4.78, 5) is 8.73. The van der Waals surface area contributed by atoms with Crippen LogP contribution in [-0.2, 0) is 0 Å². The summed E-state index contributed by atoms with van der Waals surface area (Å²) in [6.07, 6.45) is 0. The van der Waals surface area contributed by atoms with Crippen molar-refractivity contribution in [1.29, 1.82) is 0 Å². The van der Waals surface area contributed by atoms with Gasteiger partial charge in [-0.2, -0.15) is 0 Å². The van der Waals surface area contributed by atoms with Crippen molar-refractivity contribution in [1.82, 2.24) is 9.97 Å². The fraction of sp³-hybridized carbons (Fsp3) is 0. The molecule has 0 spiro atoms. The highest BCUT2D eigenvalue weighted by molar-refractivity contribution is 9.10. The quantitative estimate of drug-likeness (QED) is 0.754. The monoisotopic (exact) mass is 343 g/mol. The predicted octanol–water partition coefficient (Wildman–Crippen LogP) is 4.29. The van der Waals surface area contributed by atoms with E-state index >= 15 is 0 Å². The lowest BCUT2D eigenvalue weighted by Gasteiger charge is -2.09. The van der Waals surface area contributed by atoms with Crippen molar-refractivity contribution in [2.45, 2.75) is 0 Å². The smallest absolute Gasteiger partial charge is 0.162 e. The molecule has 0 atom stereocenters. The van der Waals surface area contributed by atoms with Crippen molar-refractivity contribution in [3.05, 3.63) is 64.9 Å². The zero-order valence-electron chi connectivity index (χ0n) is 10.9. The molecule has 2 N–H and O–H groups in total. The SMILES string of the molecule is Nc1nc(-c2cccc(F)c2)nc(-c2ccccc2)c1Br. The van der Waals surface area contributed by atoms with Gasteiger partial charge in [0.25, 0.3) is 0 Å². The van der Waals surface area contributed by atoms with E-state index in [0.29, 0.717) is 27.4 Å². The van der Waals surface area contributed by atoms with Gasteiger partial charge in [0.2, 0.25) is 0 Å². The third kappa shape index (κ3) is 2.78. The maximum atomic E-state index is 13.4. The van der Waals surface area contributed by atoms with Crippen molar-refractivity contribution in [3.8, 4) is 22.6 Å². The molecule has 3 rings (SSSR count). The summed E-state index contributed by atoms with van der Waals surface area (Å²) >= 11 is 3.41. The molecular weight excluding hydrogens is 333 g/mol. The van der Waals surface area contributed by atoms with Crippen LogP contribution >= 0.6 is 15.9 Å². The highest BCUT2D eigenvalue weighted by atomic mass is 79.9. The van der Waals surface area contributed by atoms with Crippen molar-refractivity contribution in [2.24, 2.45) is 0 Å². The van der Waals surface area contributed by atoms with Gasteiger partial charge >= 0.3 is 0 Å². The Hall–Kier alpha value is -2.27. The van der Waals surface area contributed by atoms with Gasteiger partial charge in [0.15, 0.2) is 5.82 Å². The van der Waals surface area contributed by atoms with Gasteiger partial charge in [0.1, 0.15) is 11.6 Å². The third-order valence-corrected chi connectivity index (χ3v) is 3.79. The van der Waals surface area contributed by atoms with Crippen LogP contribution in [0.25, 0.3) is 22.6 Å². The van der Waals surface area contributed by atoms with E-state index in [9.17, 15) is 4.39 Å². The van der Waals surface area contributed by atoms with Gasteiger partial charge in [0.05, 0.1) is 10.2 Å². The Morgan fingerprint density at radius 3 is 2.33 bits per heavy atom. The number of halogens is 2. The van der Waals surface area contributed by atoms with Crippen LogP contribution in [0, 0.1) is 5.82 Å². The van der Waals surface area contributed by atoms with E-state index in [1.807, 2.05) is 30.3 Å². The molecule has 0 fully saturated rings. The van der Waals surface area contributed by atoms with Gasteiger partial charge in [-0.1, -0.05) is 42.5 Å². The van der Waals surface area contributed by atoms with E-state index in [0.717, 1.165) is 5.56 Å². The molecule has 0 amide bonds. The predicted molar refractivity (Wildman–Crippen MR) is 85.0 cm³/mol. The normalized spacial score (nSPS) is 10.6. The molecule has 2 aromatic carbocycles. The molecule has 5 heteroatoms. The average Bonchev–Trinajstić information content (AvgIpc) is 2.51. The highest BCUT2D eigenvalue weighted by Gasteiger charge is 2.13. The lowest BCUT2D eigenvalue weighted by Crippen LogP contribution is -2.00. The topological polar surface area (TPSA) is 51.8 Å². The number of nitrogens with zero attached hydrogens (tertiary/aromatic N) is 2. The first-order valence-corrected chi connectivity index (χ1v) is 7.09. The molecule has 3 nitrogen and oxygen atoms in total. The van der Waals surface area contributed by atoms with E-state index in [-0.39, 0.29) is 5.82 Å². The van der Waals surface area contributed by atoms with Crippen molar-refractivity contribution >= 4 is 21.7 Å². The van der Waals surface area contributed by atoms with Crippen LogP contribution in [0.2, 0.25) is 0 Å². The first-order chi connectivity index (χ1) is 10.1. The molecule has 0 aliphatic heterocycles. The molecule has 0 aliphatic rings. The fourth-order valence-electron chi connectivity index (χ4n) is 2.01. The Labute approximate surface area is 129 Å². The summed E-state index contributed by atoms with van der Waals surface area (Å²) in [6.45, 7) is 0. The lowest BCUT2D eigenvalue weighted by molar-refractivity contribution is 0.628. The van der Waals surface area contributed by atoms with Crippen LogP contribution < -0.4 is 5.73 Å². The zero-order chi connectivity index (χ0) is 14.8. The number of hydrogen-bond donors (Lipinski definition) is 1. The second-order valence-electron chi connectivity index (χ2n) is 4.47. The summed E-state index contributed by atoms with van der Waals surface area (Å²) < 4.78 is 14.0. The molecule has 0 saturated heterocycles. The van der Waals surface area contributed by atoms with E-state index in [4.69, 9.17) is 5.73 Å². The first-order valence-electron chi connectivity index (χ1n) is 6.29. The number of nitrogens with two attached hydrogens (primary N) is 1. The van der Waals surface area contributed by atoms with Crippen LogP contribution in [0.5, 0.6) is 0 Å². The number of nitrogen functional groups attached to an aromatic ring is 1. The van der Waals surface area contributed by atoms with Gasteiger partial charge in [0, 0.05) is 11.1 Å². The molecule has 1 heterocycles. The first kappa shape index (κ1) is 13.7. The molecule has 0 radical (unpaired) electrons. The Morgan fingerprint density at radius 2 is 1.62 bits per heavy atom. The average molecular weight is 344 g/mol. The standard InChI is InChI=1S/C16H11BrFN3/c17-13-14(10-5-2-1-3-6-10)20-16(21-15(13)19)11-7-4-8-12(18)9-11/h1-9H,(H2,19,20,21). The van der Waals surface area contributed by atoms with Crippen LogP contribution in [0.4, 0.5) is 10.2 Å². The van der Waals surface area contributed by atoms with Crippen LogP contribution in [0.15, 0.2) is 59.1 Å². The van der Waals surface area contributed by atoms with Gasteiger partial charge in [-0.15, -0.1) is 0 Å². The van der Waals surface area contributed by atoms with Crippen molar-refractivity contribution in [3.63, 3.8) is 0 Å². The Morgan fingerprint density at radius 1 is 0.905 bits per heavy atom. The van der Waals surface area contributed by atoms with Gasteiger partial charge < -0.3 is 5.73 Å². The molecule has 1 aromatic heterocycles. The molecule has 21 heavy (non-hydrogen) atoms. The van der Waals surface area contributed by atoms with Gasteiger partial charge in [-0.3, -0.25) is 0 Å². The van der Waals surface area contributed by atoms with Crippen LogP contribution in [-0.4, -0.2) is 9.97 Å². The number of anilines is 1. The summed E-state index contributed by atoms with van der Waals surface area (Å²) in [7, 11) is 0. The van der Waals surface area contributed by atoms with Crippen molar-refractivity contribution in [2.75, 3.05) is 5.73 Å². The molecule has 0 saturated carbocycles. The number of aromatic nitrogens is 2. The molecule has 0 bridgehead atoms. The van der Waals surface area contributed by atoms with Crippen LogP contribution in [0.3, 0.4) is 0 Å². The Kier molecular flexibility index (Phi) is 3.66. The Bertz CT molecular complexity index is 791. The number of hydrogen-bond acceptors (Lipinski definition) is 3. The summed E-state index contributed by atoms with van der Waals surface area (Å²) in [5.74, 6) is 0.385. The highest BCUT2D eigenvalue weighted by Crippen LogP contribution is 2.32. The second kappa shape index (κ2) is 5.61. The minimum Gasteiger partial charge on any atom is -0.383 e. The van der Waals surface area contributed by atoms with Gasteiger partial charge in [-0.25, -0.2) is 14.4 Å². The minimum atomic E-state index is -0.334. The summed E-state index contributed by atoms with van der Waals surface area (Å²) in [5.41, 5.74) is 8.13. The number of benzene rings is 2.